The summed E-state index contributed by atoms with van der Waals surface area (Å²) >= 11 is 1.84. The second kappa shape index (κ2) is 8.02. The van der Waals surface area contributed by atoms with Gasteiger partial charge in [0.2, 0.25) is 0 Å². The number of nitriles is 1. The quantitative estimate of drug-likeness (QED) is 0.278. The van der Waals surface area contributed by atoms with Crippen LogP contribution in [0.4, 0.5) is 0 Å². The van der Waals surface area contributed by atoms with Gasteiger partial charge in [-0.2, -0.15) is 5.26 Å². The van der Waals surface area contributed by atoms with E-state index in [1.54, 1.807) is 12.3 Å². The van der Waals surface area contributed by atoms with Crippen LogP contribution in [0.5, 0.6) is 0 Å². The van der Waals surface area contributed by atoms with E-state index in [4.69, 9.17) is 5.26 Å². The van der Waals surface area contributed by atoms with Crippen molar-refractivity contribution in [1.29, 1.82) is 5.26 Å². The lowest BCUT2D eigenvalue weighted by atomic mass is 9.99. The zero-order chi connectivity index (χ0) is 22.2. The molecule has 2 aromatic heterocycles. The van der Waals surface area contributed by atoms with Crippen molar-refractivity contribution >= 4 is 31.5 Å². The van der Waals surface area contributed by atoms with Gasteiger partial charge in [0.25, 0.3) is 0 Å². The zero-order valence-corrected chi connectivity index (χ0v) is 18.5. The highest BCUT2D eigenvalue weighted by molar-refractivity contribution is 7.25. The average molecular weight is 439 g/mol. The van der Waals surface area contributed by atoms with Gasteiger partial charge in [-0.15, -0.1) is 11.3 Å². The Balaban J connectivity index is 1.41. The third-order valence-corrected chi connectivity index (χ3v) is 7.13. The molecule has 0 atom stereocenters. The molecular formula is C30H18N2S. The number of hydrogen-bond donors (Lipinski definition) is 0. The molecule has 33 heavy (non-hydrogen) atoms. The molecule has 154 valence electrons. The first-order valence-electron chi connectivity index (χ1n) is 10.8. The number of pyridine rings is 1. The molecule has 3 heteroatoms. The van der Waals surface area contributed by atoms with Crippen LogP contribution in [0.3, 0.4) is 0 Å². The molecule has 0 spiro atoms. The second-order valence-corrected chi connectivity index (χ2v) is 9.09. The Morgan fingerprint density at radius 3 is 1.79 bits per heavy atom. The van der Waals surface area contributed by atoms with E-state index in [2.05, 4.69) is 102 Å². The van der Waals surface area contributed by atoms with Gasteiger partial charge in [0, 0.05) is 31.9 Å². The number of benzene rings is 4. The summed E-state index contributed by atoms with van der Waals surface area (Å²) < 4.78 is 2.61. The maximum absolute atomic E-state index is 9.15. The Morgan fingerprint density at radius 2 is 1.15 bits per heavy atom. The van der Waals surface area contributed by atoms with Crippen LogP contribution in [0.15, 0.2) is 109 Å². The molecule has 0 aliphatic rings. The molecule has 0 aliphatic carbocycles. The predicted octanol–water partition coefficient (Wildman–Crippen LogP) is 8.32. The van der Waals surface area contributed by atoms with E-state index < -0.39 is 0 Å². The maximum atomic E-state index is 9.15. The van der Waals surface area contributed by atoms with Gasteiger partial charge in [0.1, 0.15) is 0 Å². The third kappa shape index (κ3) is 3.57. The maximum Gasteiger partial charge on any atom is 0.0992 e. The molecule has 0 aliphatic heterocycles. The Morgan fingerprint density at radius 1 is 0.576 bits per heavy atom. The highest BCUT2D eigenvalue weighted by Gasteiger charge is 2.09. The SMILES string of the molecule is N#Cc1ccnc(-c2ccc(-c3ccc4sc5ccc(-c6ccccc6)cc5c4c3)cc2)c1. The van der Waals surface area contributed by atoms with Gasteiger partial charge in [0.15, 0.2) is 0 Å². The van der Waals surface area contributed by atoms with Crippen molar-refractivity contribution in [2.45, 2.75) is 0 Å². The molecule has 6 aromatic rings. The summed E-state index contributed by atoms with van der Waals surface area (Å²) in [5.41, 5.74) is 7.27. The number of hydrogen-bond acceptors (Lipinski definition) is 3. The van der Waals surface area contributed by atoms with Crippen LogP contribution >= 0.6 is 11.3 Å². The third-order valence-electron chi connectivity index (χ3n) is 5.98. The summed E-state index contributed by atoms with van der Waals surface area (Å²) in [6.45, 7) is 0. The second-order valence-electron chi connectivity index (χ2n) is 8.01. The average Bonchev–Trinajstić information content (AvgIpc) is 3.26. The van der Waals surface area contributed by atoms with Gasteiger partial charge in [-0.25, -0.2) is 0 Å². The van der Waals surface area contributed by atoms with Crippen LogP contribution in [0, 0.1) is 11.3 Å². The first-order chi connectivity index (χ1) is 16.3. The molecule has 0 fully saturated rings. The lowest BCUT2D eigenvalue weighted by Crippen LogP contribution is -1.85. The molecule has 0 saturated carbocycles. The zero-order valence-electron chi connectivity index (χ0n) is 17.7. The molecule has 0 radical (unpaired) electrons. The van der Waals surface area contributed by atoms with E-state index >= 15 is 0 Å². The van der Waals surface area contributed by atoms with E-state index in [0.717, 1.165) is 16.8 Å². The van der Waals surface area contributed by atoms with Gasteiger partial charge in [-0.05, 0) is 58.7 Å². The number of fused-ring (bicyclic) bond motifs is 3. The number of thiophene rings is 1. The largest absolute Gasteiger partial charge is 0.256 e. The summed E-state index contributed by atoms with van der Waals surface area (Å²) in [6.07, 6.45) is 1.68. The Labute approximate surface area is 196 Å². The first-order valence-corrected chi connectivity index (χ1v) is 11.6. The van der Waals surface area contributed by atoms with Crippen LogP contribution in [0.25, 0.3) is 53.7 Å². The number of nitrogens with zero attached hydrogens (tertiary/aromatic N) is 2. The van der Waals surface area contributed by atoms with Crippen LogP contribution in [-0.4, -0.2) is 4.98 Å². The predicted molar refractivity (Wildman–Crippen MR) is 138 cm³/mol. The van der Waals surface area contributed by atoms with E-state index in [9.17, 15) is 0 Å². The Kier molecular flexibility index (Phi) is 4.72. The summed E-state index contributed by atoms with van der Waals surface area (Å²) in [7, 11) is 0. The van der Waals surface area contributed by atoms with Gasteiger partial charge in [-0.3, -0.25) is 4.98 Å². The fourth-order valence-corrected chi connectivity index (χ4v) is 5.33. The van der Waals surface area contributed by atoms with E-state index in [1.165, 1.54) is 36.9 Å². The molecule has 0 N–H and O–H groups in total. The van der Waals surface area contributed by atoms with Crippen molar-refractivity contribution < 1.29 is 0 Å². The van der Waals surface area contributed by atoms with Crippen LogP contribution in [0.2, 0.25) is 0 Å². The van der Waals surface area contributed by atoms with Crippen molar-refractivity contribution in [3.63, 3.8) is 0 Å². The highest BCUT2D eigenvalue weighted by atomic mass is 32.1. The van der Waals surface area contributed by atoms with E-state index in [1.807, 2.05) is 17.4 Å². The molecule has 2 heterocycles. The van der Waals surface area contributed by atoms with E-state index in [-0.39, 0.29) is 0 Å². The van der Waals surface area contributed by atoms with E-state index in [0.29, 0.717) is 5.56 Å². The molecule has 0 saturated heterocycles. The molecule has 0 amide bonds. The molecule has 2 nitrogen and oxygen atoms in total. The molecular weight excluding hydrogens is 420 g/mol. The minimum Gasteiger partial charge on any atom is -0.256 e. The normalized spacial score (nSPS) is 11.0. The Hall–Kier alpha value is -4.26. The summed E-state index contributed by atoms with van der Waals surface area (Å²) in [4.78, 5) is 4.41. The minimum atomic E-state index is 0.619. The Bertz CT molecular complexity index is 1660. The molecule has 4 aromatic carbocycles. The fourth-order valence-electron chi connectivity index (χ4n) is 4.26. The smallest absolute Gasteiger partial charge is 0.0992 e. The lowest BCUT2D eigenvalue weighted by Gasteiger charge is -2.06. The minimum absolute atomic E-state index is 0.619. The molecule has 0 bridgehead atoms. The summed E-state index contributed by atoms with van der Waals surface area (Å²) in [5, 5.41) is 11.7. The van der Waals surface area contributed by atoms with Gasteiger partial charge >= 0.3 is 0 Å². The van der Waals surface area contributed by atoms with Gasteiger partial charge < -0.3 is 0 Å². The molecule has 6 rings (SSSR count). The summed E-state index contributed by atoms with van der Waals surface area (Å²) in [5.74, 6) is 0. The number of rotatable bonds is 3. The van der Waals surface area contributed by atoms with Gasteiger partial charge in [-0.1, -0.05) is 66.7 Å². The topological polar surface area (TPSA) is 36.7 Å². The highest BCUT2D eigenvalue weighted by Crippen LogP contribution is 2.38. The van der Waals surface area contributed by atoms with Gasteiger partial charge in [0.05, 0.1) is 17.3 Å². The van der Waals surface area contributed by atoms with Crippen molar-refractivity contribution in [2.24, 2.45) is 0 Å². The first kappa shape index (κ1) is 19.4. The number of aromatic nitrogens is 1. The molecule has 0 unspecified atom stereocenters. The van der Waals surface area contributed by atoms with Crippen molar-refractivity contribution in [3.05, 3.63) is 115 Å². The monoisotopic (exact) mass is 438 g/mol. The fraction of sp³-hybridized carbons (Fsp3) is 0. The van der Waals surface area contributed by atoms with Crippen molar-refractivity contribution in [3.8, 4) is 39.6 Å². The van der Waals surface area contributed by atoms with Crippen LogP contribution < -0.4 is 0 Å². The van der Waals surface area contributed by atoms with Crippen molar-refractivity contribution in [1.82, 2.24) is 4.98 Å². The summed E-state index contributed by atoms with van der Waals surface area (Å²) in [6, 6.07) is 38.1. The van der Waals surface area contributed by atoms with Crippen LogP contribution in [-0.2, 0) is 0 Å². The van der Waals surface area contributed by atoms with Crippen LogP contribution in [0.1, 0.15) is 5.56 Å². The lowest BCUT2D eigenvalue weighted by molar-refractivity contribution is 1.31. The standard InChI is InChI=1S/C30H18N2S/c31-19-20-14-15-32-28(16-20)23-8-6-22(7-9-23)25-11-13-30-27(18-25)26-17-24(10-12-29(26)33-30)21-4-2-1-3-5-21/h1-18H. The van der Waals surface area contributed by atoms with Crippen molar-refractivity contribution in [2.75, 3.05) is 0 Å².